The van der Waals surface area contributed by atoms with Crippen molar-refractivity contribution in [2.24, 2.45) is 17.8 Å². The molecule has 2 aliphatic rings. The van der Waals surface area contributed by atoms with E-state index in [2.05, 4.69) is 5.32 Å². The molecule has 8 heteroatoms. The van der Waals surface area contributed by atoms with Crippen LogP contribution >= 0.6 is 0 Å². The van der Waals surface area contributed by atoms with Gasteiger partial charge in [0.05, 0.1) is 11.8 Å². The van der Waals surface area contributed by atoms with Crippen molar-refractivity contribution in [3.05, 3.63) is 0 Å². The zero-order valence-corrected chi connectivity index (χ0v) is 13.8. The van der Waals surface area contributed by atoms with Gasteiger partial charge in [-0.1, -0.05) is 6.42 Å². The van der Waals surface area contributed by atoms with Gasteiger partial charge in [0, 0.05) is 32.7 Å². The minimum atomic E-state index is -4.21. The Morgan fingerprint density at radius 2 is 1.38 bits per heavy atom. The second-order valence-electron chi connectivity index (χ2n) is 6.00. The summed E-state index contributed by atoms with van der Waals surface area (Å²) in [5.74, 6) is -2.80. The molecule has 1 heterocycles. The summed E-state index contributed by atoms with van der Waals surface area (Å²) in [5.41, 5.74) is 0. The average Bonchev–Trinajstić information content (AvgIpc) is 2.37. The van der Waals surface area contributed by atoms with E-state index in [0.717, 1.165) is 0 Å². The van der Waals surface area contributed by atoms with Crippen LogP contribution in [0.1, 0.15) is 38.5 Å². The molecule has 1 saturated carbocycles. The van der Waals surface area contributed by atoms with Gasteiger partial charge in [0.15, 0.2) is 0 Å². The first-order chi connectivity index (χ1) is 9.18. The maximum atomic E-state index is 12.7. The molecule has 1 nitrogen and oxygen atoms in total. The van der Waals surface area contributed by atoms with Gasteiger partial charge in [-0.05, 0) is 38.0 Å². The summed E-state index contributed by atoms with van der Waals surface area (Å²) in [6, 6.07) is -0.196. The monoisotopic (exact) mass is 496 g/mol. The molecule has 1 aliphatic heterocycles. The number of nitrogens with one attached hydrogen (secondary N) is 1. The van der Waals surface area contributed by atoms with Gasteiger partial charge in [0.25, 0.3) is 0 Å². The molecule has 2 rings (SSSR count). The third kappa shape index (κ3) is 5.10. The topological polar surface area (TPSA) is 12.0 Å². The fraction of sp³-hybridized carbons (Fsp3) is 1.00. The van der Waals surface area contributed by atoms with Crippen LogP contribution in [0.3, 0.4) is 0 Å². The molecule has 2 fully saturated rings. The largest absolute Gasteiger partial charge is 0.393 e. The molecule has 1 radical (unpaired) electrons. The maximum Gasteiger partial charge on any atom is 0.393 e. The van der Waals surface area contributed by atoms with E-state index >= 15 is 0 Å². The minimum Gasteiger partial charge on any atom is -0.313 e. The van der Waals surface area contributed by atoms with Crippen molar-refractivity contribution in [3.63, 3.8) is 0 Å². The van der Waals surface area contributed by atoms with Gasteiger partial charge in [-0.15, -0.1) is 0 Å². The smallest absolute Gasteiger partial charge is 0.313 e. The Hall–Kier alpha value is 0.189. The van der Waals surface area contributed by atoms with Crippen molar-refractivity contribution >= 4 is 0 Å². The predicted molar refractivity (Wildman–Crippen MR) is 62.1 cm³/mol. The molecule has 4 atom stereocenters. The van der Waals surface area contributed by atoms with Crippen LogP contribution in [0.25, 0.3) is 0 Å². The van der Waals surface area contributed by atoms with Gasteiger partial charge in [-0.25, -0.2) is 0 Å². The van der Waals surface area contributed by atoms with Crippen LogP contribution in [0.15, 0.2) is 0 Å². The Labute approximate surface area is 133 Å². The Balaban J connectivity index is 0.00000220. The van der Waals surface area contributed by atoms with Crippen molar-refractivity contribution in [3.8, 4) is 0 Å². The van der Waals surface area contributed by atoms with Crippen LogP contribution < -0.4 is 5.32 Å². The fourth-order valence-corrected chi connectivity index (χ4v) is 3.45. The van der Waals surface area contributed by atoms with E-state index < -0.39 is 24.2 Å². The first kappa shape index (κ1) is 19.2. The van der Waals surface area contributed by atoms with Crippen molar-refractivity contribution in [1.29, 1.82) is 0 Å². The molecule has 0 amide bonds. The van der Waals surface area contributed by atoms with E-state index in [9.17, 15) is 26.3 Å². The third-order valence-corrected chi connectivity index (χ3v) is 4.66. The molecular weight excluding hydrogens is 476 g/mol. The molecule has 1 saturated heterocycles. The van der Waals surface area contributed by atoms with Gasteiger partial charge >= 0.3 is 12.4 Å². The summed E-state index contributed by atoms with van der Waals surface area (Å²) in [4.78, 5) is 0. The van der Waals surface area contributed by atoms with Gasteiger partial charge in [-0.2, -0.15) is 26.3 Å². The molecule has 0 bridgehead atoms. The van der Waals surface area contributed by atoms with Crippen LogP contribution in [0.4, 0.5) is 26.3 Å². The van der Waals surface area contributed by atoms with Crippen LogP contribution in [-0.2, 0) is 20.1 Å². The van der Waals surface area contributed by atoms with E-state index in [-0.39, 0.29) is 57.9 Å². The average molecular weight is 496 g/mol. The summed E-state index contributed by atoms with van der Waals surface area (Å²) in [6.07, 6.45) is -6.65. The van der Waals surface area contributed by atoms with Crippen molar-refractivity contribution in [2.75, 3.05) is 6.54 Å². The third-order valence-electron chi connectivity index (χ3n) is 4.66. The molecule has 1 aliphatic carbocycles. The molecule has 0 aromatic carbocycles. The Kier molecular flexibility index (Phi) is 6.57. The van der Waals surface area contributed by atoms with Crippen molar-refractivity contribution < 1.29 is 46.4 Å². The number of rotatable bonds is 1. The number of hydrogen-bond donors (Lipinski definition) is 1. The van der Waals surface area contributed by atoms with Crippen LogP contribution in [0.5, 0.6) is 0 Å². The van der Waals surface area contributed by atoms with Crippen LogP contribution in [-0.4, -0.2) is 24.9 Å². The van der Waals surface area contributed by atoms with Crippen molar-refractivity contribution in [1.82, 2.24) is 5.32 Å². The summed E-state index contributed by atoms with van der Waals surface area (Å²) >= 11 is 0. The summed E-state index contributed by atoms with van der Waals surface area (Å²) in [7, 11) is 0. The van der Waals surface area contributed by atoms with E-state index in [0.29, 0.717) is 19.3 Å². The second-order valence-corrected chi connectivity index (χ2v) is 6.00. The Bertz CT molecular complexity index is 322. The zero-order valence-electron chi connectivity index (χ0n) is 11.4. The molecule has 0 spiro atoms. The van der Waals surface area contributed by atoms with E-state index in [4.69, 9.17) is 0 Å². The SMILES string of the molecule is FC(F)(F)C1CCC(C2CCCC(C(F)(F)F)C2)NC1.[Ir]. The van der Waals surface area contributed by atoms with E-state index in [1.807, 2.05) is 0 Å². The predicted octanol–water partition coefficient (Wildman–Crippen LogP) is 4.28. The number of alkyl halides is 6. The number of hydrogen-bond acceptors (Lipinski definition) is 1. The molecule has 4 unspecified atom stereocenters. The molecule has 1 N–H and O–H groups in total. The van der Waals surface area contributed by atoms with E-state index in [1.54, 1.807) is 0 Å². The summed E-state index contributed by atoms with van der Waals surface area (Å²) in [5, 5.41) is 2.83. The second kappa shape index (κ2) is 7.17. The van der Waals surface area contributed by atoms with Crippen LogP contribution in [0, 0.1) is 17.8 Å². The standard InChI is InChI=1S/C13H19F6N.Ir/c14-12(15,16)9-3-1-2-8(6-9)11-5-4-10(7-20-11)13(17,18)19;/h8-11,20H,1-7H2;. The number of piperidine rings is 1. The van der Waals surface area contributed by atoms with Gasteiger partial charge in [0.2, 0.25) is 0 Å². The van der Waals surface area contributed by atoms with Crippen LogP contribution in [0.2, 0.25) is 0 Å². The zero-order chi connectivity index (χ0) is 15.0. The first-order valence-corrected chi connectivity index (χ1v) is 7.04. The Morgan fingerprint density at radius 1 is 0.762 bits per heavy atom. The number of halogens is 6. The normalized spacial score (nSPS) is 35.1. The maximum absolute atomic E-state index is 12.7. The molecule has 0 aromatic rings. The molecule has 0 aromatic heterocycles. The van der Waals surface area contributed by atoms with Crippen molar-refractivity contribution in [2.45, 2.75) is 56.9 Å². The quantitative estimate of drug-likeness (QED) is 0.536. The summed E-state index contributed by atoms with van der Waals surface area (Å²) in [6.45, 7) is -0.165. The Morgan fingerprint density at radius 3 is 1.86 bits per heavy atom. The molecule has 127 valence electrons. The minimum absolute atomic E-state index is 0. The van der Waals surface area contributed by atoms with E-state index in [1.165, 1.54) is 0 Å². The molecule has 21 heavy (non-hydrogen) atoms. The van der Waals surface area contributed by atoms with Gasteiger partial charge < -0.3 is 5.32 Å². The first-order valence-electron chi connectivity index (χ1n) is 7.04. The fourth-order valence-electron chi connectivity index (χ4n) is 3.45. The molecular formula is C13H19F6IrN. The van der Waals surface area contributed by atoms with Gasteiger partial charge in [0.1, 0.15) is 0 Å². The summed E-state index contributed by atoms with van der Waals surface area (Å²) < 4.78 is 75.8. The van der Waals surface area contributed by atoms with Gasteiger partial charge in [-0.3, -0.25) is 0 Å².